The molecule has 2 amide bonds. The Bertz CT molecular complexity index is 1150. The second-order valence-corrected chi connectivity index (χ2v) is 17.2. The highest BCUT2D eigenvalue weighted by Gasteiger charge is 2.85. The summed E-state index contributed by atoms with van der Waals surface area (Å²) in [7, 11) is 5.49. The summed E-state index contributed by atoms with van der Waals surface area (Å²) in [6, 6.07) is -1.03. The number of amides is 2. The quantitative estimate of drug-likeness (QED) is 0.327. The van der Waals surface area contributed by atoms with E-state index < -0.39 is 23.4 Å². The van der Waals surface area contributed by atoms with Gasteiger partial charge < -0.3 is 19.9 Å². The molecular weight excluding hydrogens is 566 g/mol. The summed E-state index contributed by atoms with van der Waals surface area (Å²) in [5.74, 6) is -1.15. The zero-order valence-corrected chi connectivity index (χ0v) is 29.5. The van der Waals surface area contributed by atoms with Gasteiger partial charge in [0.25, 0.3) is 0 Å². The highest BCUT2D eigenvalue weighted by molar-refractivity contribution is 5.95. The van der Waals surface area contributed by atoms with E-state index in [1.54, 1.807) is 4.90 Å². The van der Waals surface area contributed by atoms with Crippen LogP contribution in [0.5, 0.6) is 0 Å². The summed E-state index contributed by atoms with van der Waals surface area (Å²) >= 11 is 0. The lowest BCUT2D eigenvalue weighted by molar-refractivity contribution is -0.154. The second kappa shape index (κ2) is 12.6. The van der Waals surface area contributed by atoms with Gasteiger partial charge in [-0.15, -0.1) is 0 Å². The normalized spacial score (nSPS) is 32.2. The highest BCUT2D eigenvalue weighted by atomic mass is 16.5. The van der Waals surface area contributed by atoms with E-state index in [0.29, 0.717) is 13.0 Å². The van der Waals surface area contributed by atoms with Gasteiger partial charge in [-0.25, -0.2) is 4.79 Å². The van der Waals surface area contributed by atoms with Crippen molar-refractivity contribution in [2.24, 2.45) is 39.4 Å². The van der Waals surface area contributed by atoms with Gasteiger partial charge in [-0.1, -0.05) is 73.1 Å². The van der Waals surface area contributed by atoms with Gasteiger partial charge in [-0.3, -0.25) is 14.4 Å². The summed E-state index contributed by atoms with van der Waals surface area (Å²) in [4.78, 5) is 60.1. The minimum atomic E-state index is -0.621. The van der Waals surface area contributed by atoms with E-state index >= 15 is 0 Å². The Morgan fingerprint density at radius 3 is 2.07 bits per heavy atom. The van der Waals surface area contributed by atoms with E-state index in [-0.39, 0.29) is 64.1 Å². The number of ether oxygens (including phenoxy) is 1. The molecule has 1 heterocycles. The molecule has 45 heavy (non-hydrogen) atoms. The molecule has 1 saturated heterocycles. The number of carbonyl (C=O) groups excluding carboxylic acids is 4. The van der Waals surface area contributed by atoms with Crippen molar-refractivity contribution in [2.45, 2.75) is 143 Å². The molecule has 1 aliphatic heterocycles. The van der Waals surface area contributed by atoms with Gasteiger partial charge >= 0.3 is 5.97 Å². The minimum Gasteiger partial charge on any atom is -0.467 e. The Kier molecular flexibility index (Phi) is 9.61. The van der Waals surface area contributed by atoms with Crippen LogP contribution >= 0.6 is 0 Å². The molecule has 0 aromatic heterocycles. The summed E-state index contributed by atoms with van der Waals surface area (Å²) in [6.07, 6.45) is 13.3. The van der Waals surface area contributed by atoms with E-state index in [1.807, 2.05) is 34.9 Å². The topological polar surface area (TPSA) is 96.0 Å². The number of rotatable bonds is 9. The molecule has 254 valence electrons. The molecule has 0 radical (unpaired) electrons. The van der Waals surface area contributed by atoms with Crippen molar-refractivity contribution < 1.29 is 23.9 Å². The minimum absolute atomic E-state index is 0.00930. The Balaban J connectivity index is 1.39. The Morgan fingerprint density at radius 2 is 1.53 bits per heavy atom. The maximum absolute atomic E-state index is 14.7. The van der Waals surface area contributed by atoms with Gasteiger partial charge in [0.1, 0.15) is 6.04 Å². The summed E-state index contributed by atoms with van der Waals surface area (Å²) in [5, 5.41) is 3.29. The lowest BCUT2D eigenvalue weighted by Crippen LogP contribution is -2.54. The molecule has 8 heteroatoms. The maximum Gasteiger partial charge on any atom is 0.328 e. The number of ketones is 1. The van der Waals surface area contributed by atoms with Crippen LogP contribution in [0.25, 0.3) is 0 Å². The fraction of sp³-hybridized carbons (Fsp3) is 0.892. The number of fused-ring (bicyclic) bond motifs is 1. The predicted molar refractivity (Wildman–Crippen MR) is 175 cm³/mol. The molecule has 0 aromatic carbocycles. The number of nitrogens with zero attached hydrogens (tertiary/aromatic N) is 2. The zero-order chi connectivity index (χ0) is 32.9. The third kappa shape index (κ3) is 5.77. The molecular formula is C37H61N3O5. The SMILES string of the molecule is COC(=O)[C@@H]1C[C@@]2(CN1C(=O)[C@@H](CC(=O)[C@@H](NC(=O)[C@@H]1CCCCC1N(C)C)C1CCCCC1)C(C)(C)C)C(C)(C)C21CCC1. The molecule has 5 aliphatic rings. The lowest BCUT2D eigenvalue weighted by Gasteiger charge is -2.38. The number of likely N-dealkylation sites (tertiary alicyclic amines) is 1. The zero-order valence-electron chi connectivity index (χ0n) is 29.5. The molecule has 1 unspecified atom stereocenters. The van der Waals surface area contributed by atoms with Crippen LogP contribution in [0.4, 0.5) is 0 Å². The average Bonchev–Trinajstić information content (AvgIpc) is 3.20. The first-order valence-electron chi connectivity index (χ1n) is 18.0. The number of hydrogen-bond acceptors (Lipinski definition) is 6. The van der Waals surface area contributed by atoms with Crippen molar-refractivity contribution in [1.29, 1.82) is 0 Å². The van der Waals surface area contributed by atoms with Gasteiger partial charge in [0.2, 0.25) is 11.8 Å². The van der Waals surface area contributed by atoms with Gasteiger partial charge in [0, 0.05) is 30.3 Å². The lowest BCUT2D eigenvalue weighted by atomic mass is 9.73. The summed E-state index contributed by atoms with van der Waals surface area (Å²) in [6.45, 7) is 11.2. The van der Waals surface area contributed by atoms with Crippen LogP contribution in [0.15, 0.2) is 0 Å². The van der Waals surface area contributed by atoms with E-state index in [4.69, 9.17) is 4.74 Å². The van der Waals surface area contributed by atoms with Gasteiger partial charge in [0.05, 0.1) is 19.1 Å². The predicted octanol–water partition coefficient (Wildman–Crippen LogP) is 5.76. The third-order valence-corrected chi connectivity index (χ3v) is 13.8. The Morgan fingerprint density at radius 1 is 0.911 bits per heavy atom. The fourth-order valence-electron chi connectivity index (χ4n) is 10.7. The molecule has 4 saturated carbocycles. The number of methoxy groups -OCH3 is 1. The standard InChI is InChI=1S/C37H61N3O5/c1-34(2,3)26(32(43)40-23-37(22-28(40)33(44)45-8)35(4,5)36(37)19-14-20-36)21-29(41)30(24-15-10-9-11-16-24)38-31(42)25-17-12-13-18-27(25)39(6)7/h24-28,30H,9-23H2,1-8H3,(H,38,42)/t25-,26-,27?,28+,30+,37-/m1/s1. The van der Waals surface area contributed by atoms with Crippen LogP contribution in [0, 0.1) is 39.4 Å². The molecule has 1 N–H and O–H groups in total. The highest BCUT2D eigenvalue weighted by Crippen LogP contribution is 2.88. The van der Waals surface area contributed by atoms with Crippen LogP contribution in [-0.4, -0.2) is 79.2 Å². The Hall–Kier alpha value is -1.96. The number of carbonyl (C=O) groups is 4. The van der Waals surface area contributed by atoms with Crippen molar-refractivity contribution in [2.75, 3.05) is 27.7 Å². The monoisotopic (exact) mass is 627 g/mol. The van der Waals surface area contributed by atoms with E-state index in [2.05, 4.69) is 24.1 Å². The van der Waals surface area contributed by atoms with Crippen LogP contribution in [0.2, 0.25) is 0 Å². The summed E-state index contributed by atoms with van der Waals surface area (Å²) in [5.41, 5.74) is -0.335. The molecule has 5 rings (SSSR count). The first-order valence-corrected chi connectivity index (χ1v) is 18.0. The summed E-state index contributed by atoms with van der Waals surface area (Å²) < 4.78 is 5.26. The Labute approximate surface area is 272 Å². The van der Waals surface area contributed by atoms with Crippen LogP contribution in [-0.2, 0) is 23.9 Å². The molecule has 0 aromatic rings. The van der Waals surface area contributed by atoms with Gasteiger partial charge in [-0.05, 0) is 81.2 Å². The van der Waals surface area contributed by atoms with Crippen LogP contribution in [0.3, 0.4) is 0 Å². The van der Waals surface area contributed by atoms with Crippen molar-refractivity contribution in [1.82, 2.24) is 15.1 Å². The second-order valence-electron chi connectivity index (χ2n) is 17.2. The number of esters is 1. The van der Waals surface area contributed by atoms with Gasteiger partial charge in [-0.2, -0.15) is 0 Å². The average molecular weight is 628 g/mol. The number of nitrogens with one attached hydrogen (secondary N) is 1. The fourth-order valence-corrected chi connectivity index (χ4v) is 10.7. The third-order valence-electron chi connectivity index (χ3n) is 13.8. The first kappa shape index (κ1) is 34.4. The number of Topliss-reactive ketones (excluding diaryl/α,β-unsaturated/α-hetero) is 1. The van der Waals surface area contributed by atoms with E-state index in [1.165, 1.54) is 13.5 Å². The molecule has 0 bridgehead atoms. The smallest absolute Gasteiger partial charge is 0.328 e. The van der Waals surface area contributed by atoms with Crippen LogP contribution in [0.1, 0.15) is 125 Å². The largest absolute Gasteiger partial charge is 0.467 e. The maximum atomic E-state index is 14.7. The molecule has 4 aliphatic carbocycles. The first-order chi connectivity index (χ1) is 21.1. The van der Waals surface area contributed by atoms with E-state index in [0.717, 1.165) is 70.6 Å². The van der Waals surface area contributed by atoms with Crippen LogP contribution < -0.4 is 5.32 Å². The number of hydrogen-bond donors (Lipinski definition) is 1. The molecule has 2 spiro atoms. The molecule has 5 fully saturated rings. The van der Waals surface area contributed by atoms with Crippen molar-refractivity contribution in [3.05, 3.63) is 0 Å². The van der Waals surface area contributed by atoms with E-state index in [9.17, 15) is 19.2 Å². The van der Waals surface area contributed by atoms with Crippen molar-refractivity contribution >= 4 is 23.6 Å². The van der Waals surface area contributed by atoms with Crippen molar-refractivity contribution in [3.63, 3.8) is 0 Å². The molecule has 8 nitrogen and oxygen atoms in total. The van der Waals surface area contributed by atoms with Crippen molar-refractivity contribution in [3.8, 4) is 0 Å². The molecule has 6 atom stereocenters. The van der Waals surface area contributed by atoms with Gasteiger partial charge in [0.15, 0.2) is 5.78 Å².